The fourth-order valence-electron chi connectivity index (χ4n) is 5.58. The number of nitrogens with one attached hydrogen (secondary N) is 2. The molecule has 2 amide bonds. The Morgan fingerprint density at radius 3 is 2.49 bits per heavy atom. The highest BCUT2D eigenvalue weighted by Gasteiger charge is 2.33. The van der Waals surface area contributed by atoms with Crippen molar-refractivity contribution in [3.05, 3.63) is 47.4 Å². The van der Waals surface area contributed by atoms with E-state index < -0.39 is 27.9 Å². The van der Waals surface area contributed by atoms with Crippen molar-refractivity contribution >= 4 is 27.7 Å². The summed E-state index contributed by atoms with van der Waals surface area (Å²) in [6, 6.07) is 4.05. The van der Waals surface area contributed by atoms with Crippen LogP contribution in [0.2, 0.25) is 0 Å². The number of nitrogens with zero attached hydrogens (tertiary/aromatic N) is 5. The van der Waals surface area contributed by atoms with Crippen LogP contribution in [0.25, 0.3) is 11.1 Å². The van der Waals surface area contributed by atoms with Gasteiger partial charge in [0, 0.05) is 35.3 Å². The van der Waals surface area contributed by atoms with Gasteiger partial charge in [-0.1, -0.05) is 19.8 Å². The van der Waals surface area contributed by atoms with Gasteiger partial charge in [0.15, 0.2) is 0 Å². The zero-order chi connectivity index (χ0) is 31.3. The number of aryl methyl sites for hydroxylation is 2. The molecule has 43 heavy (non-hydrogen) atoms. The van der Waals surface area contributed by atoms with Crippen LogP contribution in [0.1, 0.15) is 61.4 Å². The molecule has 1 aliphatic rings. The molecule has 0 spiro atoms. The van der Waals surface area contributed by atoms with E-state index in [1.54, 1.807) is 33.8 Å². The van der Waals surface area contributed by atoms with Crippen molar-refractivity contribution < 1.29 is 18.7 Å². The maximum atomic E-state index is 15.5. The predicted octanol–water partition coefficient (Wildman–Crippen LogP) is 5.15. The first-order chi connectivity index (χ1) is 20.4. The largest absolute Gasteiger partial charge is 0.358 e. The van der Waals surface area contributed by atoms with Crippen molar-refractivity contribution in [2.75, 3.05) is 36.4 Å². The Hall–Kier alpha value is -3.25. The Balaban J connectivity index is 1.49. The van der Waals surface area contributed by atoms with E-state index in [9.17, 15) is 9.59 Å². The molecular formula is C31H46FN7O3S. The van der Waals surface area contributed by atoms with Crippen molar-refractivity contribution in [1.82, 2.24) is 29.9 Å². The van der Waals surface area contributed by atoms with Gasteiger partial charge in [0.2, 0.25) is 11.9 Å². The molecule has 0 aliphatic heterocycles. The first kappa shape index (κ1) is 32.7. The number of halogens is 1. The van der Waals surface area contributed by atoms with Crippen LogP contribution in [-0.4, -0.2) is 73.5 Å². The lowest BCUT2D eigenvalue weighted by Crippen LogP contribution is -2.49. The Morgan fingerprint density at radius 1 is 1.12 bits per heavy atom. The number of hydrogen-bond donors (Lipinski definition) is 2. The van der Waals surface area contributed by atoms with Gasteiger partial charge in [-0.2, -0.15) is 14.6 Å². The van der Waals surface area contributed by atoms with Crippen molar-refractivity contribution in [2.24, 2.45) is 11.8 Å². The Morgan fingerprint density at radius 2 is 1.84 bits per heavy atom. The minimum Gasteiger partial charge on any atom is -0.358 e. The lowest BCUT2D eigenvalue weighted by Gasteiger charge is -2.32. The molecule has 4 rings (SSSR count). The number of anilines is 1. The molecule has 3 aromatic heterocycles. The smallest absolute Gasteiger partial charge is 0.270 e. The molecule has 10 nitrogen and oxygen atoms in total. The highest BCUT2D eigenvalue weighted by molar-refractivity contribution is 8.32. The minimum absolute atomic E-state index is 0.0366. The number of pyridine rings is 1. The van der Waals surface area contributed by atoms with Gasteiger partial charge < -0.3 is 15.4 Å². The summed E-state index contributed by atoms with van der Waals surface area (Å²) in [6.45, 7) is 9.27. The monoisotopic (exact) mass is 615 g/mol. The Kier molecular flexibility index (Phi) is 10.7. The molecular weight excluding hydrogens is 569 g/mol. The number of hydrogen-bond acceptors (Lipinski definition) is 6. The number of amides is 2. The van der Waals surface area contributed by atoms with E-state index in [1.807, 2.05) is 20.8 Å². The first-order valence-electron chi connectivity index (χ1n) is 15.0. The van der Waals surface area contributed by atoms with Crippen molar-refractivity contribution in [3.8, 4) is 11.1 Å². The van der Waals surface area contributed by atoms with Crippen LogP contribution in [0.15, 0.2) is 24.4 Å². The van der Waals surface area contributed by atoms with Gasteiger partial charge in [0.1, 0.15) is 24.3 Å². The predicted molar refractivity (Wildman–Crippen MR) is 170 cm³/mol. The average Bonchev–Trinajstić information content (AvgIpc) is 3.54. The van der Waals surface area contributed by atoms with E-state index in [-0.39, 0.29) is 24.4 Å². The second-order valence-corrected chi connectivity index (χ2v) is 17.0. The molecule has 236 valence electrons. The number of carbonyl (C=O) groups is 2. The van der Waals surface area contributed by atoms with Crippen LogP contribution in [0.3, 0.4) is 0 Å². The summed E-state index contributed by atoms with van der Waals surface area (Å²) in [7, 11) is -0.653. The summed E-state index contributed by atoms with van der Waals surface area (Å²) < 4.78 is 24.6. The summed E-state index contributed by atoms with van der Waals surface area (Å²) in [5, 5.41) is 14.4. The standard InChI is InChI=1S/C31H46FN7O3S/c1-8-38-25(15-16-33-38)30(40)36-28(23-11-9-20(2)10-12-23)31(41)35-26-14-13-24(29(32)34-26)27-21(3)37-39(22(27)4)19-42-17-18-43(5,6)7/h13-16,20,23,28H,8-12,17-19H2,1-7H3,(H,36,40)(H,34,35,41)/t20?,23?,28-/m0/s1. The molecule has 1 atom stereocenters. The van der Waals surface area contributed by atoms with Gasteiger partial charge in [-0.15, -0.1) is 0 Å². The molecule has 2 N–H and O–H groups in total. The molecule has 12 heteroatoms. The Bertz CT molecular complexity index is 1420. The van der Waals surface area contributed by atoms with Crippen LogP contribution in [-0.2, 0) is 22.8 Å². The van der Waals surface area contributed by atoms with E-state index in [4.69, 9.17) is 4.74 Å². The molecule has 0 radical (unpaired) electrons. The minimum atomic E-state index is -0.785. The molecule has 0 saturated heterocycles. The summed E-state index contributed by atoms with van der Waals surface area (Å²) in [5.41, 5.74) is 2.80. The van der Waals surface area contributed by atoms with Crippen molar-refractivity contribution in [1.29, 1.82) is 0 Å². The van der Waals surface area contributed by atoms with Crippen LogP contribution >= 0.6 is 10.0 Å². The molecule has 3 heterocycles. The van der Waals surface area contributed by atoms with Crippen LogP contribution < -0.4 is 10.6 Å². The molecule has 0 bridgehead atoms. The fraction of sp³-hybridized carbons (Fsp3) is 0.581. The van der Waals surface area contributed by atoms with Crippen molar-refractivity contribution in [2.45, 2.75) is 72.7 Å². The third kappa shape index (κ3) is 8.23. The maximum absolute atomic E-state index is 15.5. The third-order valence-electron chi connectivity index (χ3n) is 8.15. The van der Waals surface area contributed by atoms with Crippen LogP contribution in [0, 0.1) is 31.6 Å². The molecule has 1 saturated carbocycles. The summed E-state index contributed by atoms with van der Waals surface area (Å²) >= 11 is 0. The highest BCUT2D eigenvalue weighted by Crippen LogP contribution is 2.34. The maximum Gasteiger partial charge on any atom is 0.270 e. The SMILES string of the molecule is CCn1nccc1C(=O)N[C@H](C(=O)Nc1ccc(-c2c(C)nn(COCCS(C)(C)C)c2C)c(F)n1)C1CCC(C)CC1. The first-order valence-corrected chi connectivity index (χ1v) is 18.0. The molecule has 0 aromatic carbocycles. The number of ether oxygens (including phenoxy) is 1. The average molecular weight is 616 g/mol. The lowest BCUT2D eigenvalue weighted by molar-refractivity contribution is -0.119. The van der Waals surface area contributed by atoms with Gasteiger partial charge in [-0.25, -0.2) is 19.7 Å². The zero-order valence-corrected chi connectivity index (χ0v) is 27.3. The quantitative estimate of drug-likeness (QED) is 0.215. The highest BCUT2D eigenvalue weighted by atomic mass is 32.3. The lowest BCUT2D eigenvalue weighted by atomic mass is 9.79. The number of rotatable bonds is 12. The summed E-state index contributed by atoms with van der Waals surface area (Å²) in [5.74, 6) is 0.143. The van der Waals surface area contributed by atoms with Gasteiger partial charge in [0.05, 0.1) is 12.3 Å². The van der Waals surface area contributed by atoms with E-state index in [0.29, 0.717) is 41.6 Å². The number of aromatic nitrogens is 5. The van der Waals surface area contributed by atoms with Gasteiger partial charge >= 0.3 is 0 Å². The molecule has 1 aliphatic carbocycles. The van der Waals surface area contributed by atoms with Crippen molar-refractivity contribution in [3.63, 3.8) is 0 Å². The van der Waals surface area contributed by atoms with Crippen LogP contribution in [0.5, 0.6) is 0 Å². The summed E-state index contributed by atoms with van der Waals surface area (Å²) in [6.07, 6.45) is 11.9. The molecule has 1 fully saturated rings. The topological polar surface area (TPSA) is 116 Å². The third-order valence-corrected chi connectivity index (χ3v) is 9.55. The fourth-order valence-corrected chi connectivity index (χ4v) is 6.19. The second kappa shape index (κ2) is 14.0. The second-order valence-electron chi connectivity index (χ2n) is 12.4. The zero-order valence-electron chi connectivity index (χ0n) is 26.4. The molecule has 0 unspecified atom stereocenters. The van der Waals surface area contributed by atoms with Gasteiger partial charge in [-0.05, 0) is 82.4 Å². The normalized spacial score (nSPS) is 18.3. The van der Waals surface area contributed by atoms with E-state index in [2.05, 4.69) is 51.5 Å². The van der Waals surface area contributed by atoms with E-state index in [0.717, 1.165) is 37.1 Å². The Labute approximate surface area is 255 Å². The van der Waals surface area contributed by atoms with E-state index in [1.165, 1.54) is 0 Å². The number of carbonyl (C=O) groups excluding carboxylic acids is 2. The van der Waals surface area contributed by atoms with Crippen LogP contribution in [0.4, 0.5) is 10.2 Å². The van der Waals surface area contributed by atoms with Gasteiger partial charge in [0.25, 0.3) is 5.91 Å². The van der Waals surface area contributed by atoms with Gasteiger partial charge in [-0.3, -0.25) is 14.3 Å². The molecule has 3 aromatic rings. The summed E-state index contributed by atoms with van der Waals surface area (Å²) in [4.78, 5) is 30.8. The van der Waals surface area contributed by atoms with E-state index >= 15 is 4.39 Å².